The molecule has 0 spiro atoms. The largest absolute Gasteiger partial charge is 0.496 e. The van der Waals surface area contributed by atoms with Gasteiger partial charge in [-0.1, -0.05) is 180 Å². The Kier molecular flexibility index (Phi) is 65.4. The highest BCUT2D eigenvalue weighted by Gasteiger charge is 2.44. The monoisotopic (exact) mass is 2050 g/mol. The number of ether oxygens (including phenoxy) is 7. The number of amides is 9. The lowest BCUT2D eigenvalue weighted by atomic mass is 10.0. The maximum absolute atomic E-state index is 12.5. The summed E-state index contributed by atoms with van der Waals surface area (Å²) in [6.45, 7) is 29.4. The minimum absolute atomic E-state index is 0. The highest BCUT2D eigenvalue weighted by atomic mass is 33.1. The van der Waals surface area contributed by atoms with E-state index in [1.54, 1.807) is 26.5 Å². The number of nitrogens with one attached hydrogen (secondary N) is 7. The van der Waals surface area contributed by atoms with Crippen LogP contribution in [0.2, 0.25) is 0 Å². The van der Waals surface area contributed by atoms with Gasteiger partial charge in [-0.05, 0) is 122 Å². The molecule has 3 aromatic rings. The van der Waals surface area contributed by atoms with Gasteiger partial charge in [0, 0.05) is 83.3 Å². The van der Waals surface area contributed by atoms with Gasteiger partial charge in [0.1, 0.15) is 96.4 Å². The molecule has 7 N–H and O–H groups in total. The van der Waals surface area contributed by atoms with E-state index in [1.807, 2.05) is 147 Å². The zero-order chi connectivity index (χ0) is 94.5. The van der Waals surface area contributed by atoms with Crippen LogP contribution in [0.1, 0.15) is 177 Å². The predicted octanol–water partition coefficient (Wildman–Crippen LogP) is 12.5. The van der Waals surface area contributed by atoms with Crippen LogP contribution < -0.4 is 37.2 Å². The van der Waals surface area contributed by atoms with Crippen molar-refractivity contribution in [1.82, 2.24) is 47.0 Å². The van der Waals surface area contributed by atoms with Gasteiger partial charge in [-0.15, -0.1) is 0 Å². The molecule has 13 rings (SSSR count). The lowest BCUT2D eigenvalue weighted by Crippen LogP contribution is -2.63. The number of hydrogen-bond acceptors (Lipinski definition) is 31. The van der Waals surface area contributed by atoms with Gasteiger partial charge >= 0.3 is 0 Å². The van der Waals surface area contributed by atoms with E-state index >= 15 is 0 Å². The van der Waals surface area contributed by atoms with Gasteiger partial charge in [0.25, 0.3) is 0 Å². The Morgan fingerprint density at radius 1 is 0.370 bits per heavy atom. The molecule has 31 nitrogen and oxygen atoms in total. The second-order valence-corrected chi connectivity index (χ2v) is 35.7. The van der Waals surface area contributed by atoms with Crippen LogP contribution in [0.25, 0.3) is 0 Å². The van der Waals surface area contributed by atoms with Gasteiger partial charge in [-0.25, -0.2) is 30.0 Å². The molecule has 0 aliphatic carbocycles. The van der Waals surface area contributed by atoms with Crippen LogP contribution in [-0.4, -0.2) is 294 Å². The molecule has 0 saturated carbocycles. The molecule has 0 radical (unpaired) electrons. The second kappa shape index (κ2) is 69.3. The van der Waals surface area contributed by atoms with Gasteiger partial charge in [-0.3, -0.25) is 43.2 Å². The highest BCUT2D eigenvalue weighted by molar-refractivity contribution is 8.76. The van der Waals surface area contributed by atoms with Gasteiger partial charge < -0.3 is 80.2 Å². The molecule has 3 aromatic carbocycles. The number of benzene rings is 3. The molecule has 135 heavy (non-hydrogen) atoms. The van der Waals surface area contributed by atoms with E-state index in [-0.39, 0.29) is 158 Å². The average Bonchev–Trinajstić information content (AvgIpc) is 1.73. The van der Waals surface area contributed by atoms with E-state index in [4.69, 9.17) is 38.2 Å². The maximum atomic E-state index is 12.5. The molecule has 762 valence electrons. The molecule has 40 heteroatoms. The number of rotatable bonds is 26. The SMILES string of the molecule is C.C.C.C.C.C.CC(C)[C@H]1NC(=O)[C@H](CS)NC1=O.CCOC1=CCC(OCC)=N[C@H]1CS.CCOC1=N[C@@H](CSSc2ccccc2)C(=O)N2CCC[C@H]12.CCOC1=N[C@H](C(C)C)C(OCC)=N[C@H]1CS.CCOC1=N[C@H](Cc2ccccc2)C(OCC)=N[C@H]1CS.CC[C@H]1NC(=O)[C@H](CS)NC1=O.O=C1N[C@@H](CS)C(=O)N2CCC[C@H]12.O=C1N[C@H](Cc2ccccc2)C(=O)N[C@H]1CS. The second-order valence-electron chi connectivity index (χ2n) is 30.7. The van der Waals surface area contributed by atoms with Crippen molar-refractivity contribution in [3.8, 4) is 0 Å². The first-order chi connectivity index (χ1) is 62.2. The number of dihydropyridines is 1. The standard InChI is InChI=1S/C16H20N2O2S2.C16H22N2O2S.C12H14N2O2S.C12H22N2O2S.C10H17NO2S.C8H12N2O2S.C8H14N2O2S.C7H12N2O2S.6CH4/c1-2-20-15-14-9-6-10-18(14)16(19)13(17-15)11-21-22-12-7-4-3-5-8-12;1-3-19-15-13(10-12-8-6-5-7-9-12)17-16(20-4-2)14(11-21)18-15;15-11-9(6-8-4-2-1-3-5-8)13-12(16)10(7-17)14-11;1-5-15-11-9(7-17)13-12(16-6-2)10(14-11)8(3)4;1-3-12-9-5-6-10(13-4-2)11-8(9)7-14;11-7-6-2-1-3-10(6)8(12)5(4-13)9-7;1-4(2)6-8(12)9-5(3-13)7(11)10-6;1-2-4-6(10)9-5(3-12)7(11)8-4;;;;;;/h3-5,7-8,13-14H,2,6,9-11H2,1H3;5-9,13-14,21H,3-4,10-11H2,1-2H3;1-5,9-10,17H,6-7H2,(H,13,16)(H,14,15);8-10,17H,5-7H2,1-4H3;5,8,14H,3-4,6-7H2,1-2H3;5-6,13H,1-4H2,(H,9,11);4-6,13H,3H2,1-2H3,(H,9,12)(H,10,11);4-5,12H,2-3H2,1H3,(H,8,11)(H,9,10);6*1H4/t2*13-,14+;2*9-,10+;8-;2*5-,6+;4-,5+;;;;;;/m01100001....../s1. The van der Waals surface area contributed by atoms with Crippen molar-refractivity contribution in [3.05, 3.63) is 114 Å². The summed E-state index contributed by atoms with van der Waals surface area (Å²) in [6.07, 6.45) is 8.41. The van der Waals surface area contributed by atoms with Gasteiger partial charge in [0.15, 0.2) is 5.90 Å². The lowest BCUT2D eigenvalue weighted by Gasteiger charge is -2.33. The number of piperazine rings is 4. The number of carbonyl (C=O) groups is 9. The summed E-state index contributed by atoms with van der Waals surface area (Å²) in [4.78, 5) is 136. The third-order valence-electron chi connectivity index (χ3n) is 20.6. The quantitative estimate of drug-likeness (QED) is 0.0262. The fraction of sp³-hybridized carbons (Fsp3) is 0.632. The number of fused-ring (bicyclic) bond motifs is 2. The first kappa shape index (κ1) is 127. The Morgan fingerprint density at radius 3 is 1.24 bits per heavy atom. The summed E-state index contributed by atoms with van der Waals surface area (Å²) < 4.78 is 38.9. The van der Waals surface area contributed by atoms with Crippen LogP contribution in [-0.2, 0) is 89.2 Å². The third kappa shape index (κ3) is 40.3. The number of nitrogens with zero attached hydrogens (tertiary/aromatic N) is 8. The summed E-state index contributed by atoms with van der Waals surface area (Å²) in [5, 5.41) is 18.5. The number of thiol groups is 7. The summed E-state index contributed by atoms with van der Waals surface area (Å²) in [5.74, 6) is 8.87. The number of aliphatic imine (C=N–C) groups is 6. The third-order valence-corrected chi connectivity index (χ3v) is 25.5. The Labute approximate surface area is 851 Å². The summed E-state index contributed by atoms with van der Waals surface area (Å²) in [7, 11) is 3.37. The van der Waals surface area contributed by atoms with E-state index in [1.165, 1.54) is 10.5 Å². The van der Waals surface area contributed by atoms with Crippen LogP contribution in [0.15, 0.2) is 138 Å². The Bertz CT molecular complexity index is 4230. The molecule has 10 aliphatic heterocycles. The lowest BCUT2D eigenvalue weighted by molar-refractivity contribution is -0.146. The van der Waals surface area contributed by atoms with E-state index in [9.17, 15) is 43.2 Å². The fourth-order valence-electron chi connectivity index (χ4n) is 14.1. The summed E-state index contributed by atoms with van der Waals surface area (Å²) in [5.41, 5.74) is 2.23. The van der Waals surface area contributed by atoms with Crippen molar-refractivity contribution in [3.63, 3.8) is 0 Å². The molecule has 10 heterocycles. The molecule has 0 unspecified atom stereocenters. The normalized spacial score (nSPS) is 24.1. The van der Waals surface area contributed by atoms with Crippen molar-refractivity contribution in [2.24, 2.45) is 41.8 Å². The van der Waals surface area contributed by atoms with Crippen molar-refractivity contribution in [1.29, 1.82) is 0 Å². The van der Waals surface area contributed by atoms with E-state index in [0.29, 0.717) is 135 Å². The predicted molar refractivity (Wildman–Crippen MR) is 577 cm³/mol. The van der Waals surface area contributed by atoms with Crippen LogP contribution in [0, 0.1) is 11.8 Å². The number of carbonyl (C=O) groups excluding carboxylic acids is 9. The summed E-state index contributed by atoms with van der Waals surface area (Å²) in [6, 6.07) is 26.1. The Morgan fingerprint density at radius 2 is 0.763 bits per heavy atom. The Balaban J connectivity index is 0.00000152. The van der Waals surface area contributed by atoms with Crippen LogP contribution in [0.3, 0.4) is 0 Å². The highest BCUT2D eigenvalue weighted by Crippen LogP contribution is 2.34. The first-order valence-electron chi connectivity index (χ1n) is 44.2. The smallest absolute Gasteiger partial charge is 0.249 e. The van der Waals surface area contributed by atoms with Crippen molar-refractivity contribution < 1.29 is 76.3 Å². The molecular weight excluding hydrogens is 1900 g/mol. The molecule has 0 aromatic heterocycles. The maximum Gasteiger partial charge on any atom is 0.249 e. The first-order valence-corrected chi connectivity index (χ1v) is 50.9. The van der Waals surface area contributed by atoms with E-state index < -0.39 is 36.3 Å². The van der Waals surface area contributed by atoms with Gasteiger partial charge in [-0.2, -0.15) is 88.4 Å². The molecular formula is C95H157N15O16S9. The van der Waals surface area contributed by atoms with Gasteiger partial charge in [0.05, 0.1) is 46.2 Å². The number of hydrogen-bond donors (Lipinski definition) is 14. The van der Waals surface area contributed by atoms with Crippen LogP contribution in [0.4, 0.5) is 0 Å². The topological polar surface area (TPSA) is 383 Å². The zero-order valence-electron chi connectivity index (χ0n) is 75.8. The van der Waals surface area contributed by atoms with E-state index in [0.717, 1.165) is 74.7 Å². The minimum Gasteiger partial charge on any atom is -0.496 e. The molecule has 9 amide bonds. The van der Waals surface area contributed by atoms with Gasteiger partial charge in [0.2, 0.25) is 82.7 Å². The molecule has 6 fully saturated rings. The molecule has 15 atom stereocenters. The van der Waals surface area contributed by atoms with E-state index in [2.05, 4.69) is 189 Å². The van der Waals surface area contributed by atoms with Crippen LogP contribution in [0.5, 0.6) is 0 Å². The minimum atomic E-state index is -0.516. The van der Waals surface area contributed by atoms with Crippen molar-refractivity contribution >= 4 is 199 Å². The summed E-state index contributed by atoms with van der Waals surface area (Å²) >= 11 is 28.8. The zero-order valence-corrected chi connectivity index (χ0v) is 83.7. The van der Waals surface area contributed by atoms with Crippen molar-refractivity contribution in [2.75, 3.05) is 105 Å². The van der Waals surface area contributed by atoms with Crippen LogP contribution >= 0.6 is 110 Å². The molecule has 10 aliphatic rings. The molecule has 0 bridgehead atoms. The molecule has 6 saturated heterocycles. The fourth-order valence-corrected chi connectivity index (χ4v) is 18.0. The average molecular weight is 2050 g/mol. The van der Waals surface area contributed by atoms with Crippen molar-refractivity contribution in [2.45, 2.75) is 275 Å². The Hall–Kier alpha value is -7.60.